The summed E-state index contributed by atoms with van der Waals surface area (Å²) < 4.78 is 13.3. The van der Waals surface area contributed by atoms with Crippen LogP contribution in [0.4, 0.5) is 5.95 Å². The second-order valence-corrected chi connectivity index (χ2v) is 6.26. The van der Waals surface area contributed by atoms with E-state index in [2.05, 4.69) is 10.3 Å². The van der Waals surface area contributed by atoms with Crippen LogP contribution in [0, 0.1) is 0 Å². The minimum Gasteiger partial charge on any atom is -0.356 e. The van der Waals surface area contributed by atoms with E-state index in [0.29, 0.717) is 30.3 Å². The number of aryl methyl sites for hydroxylation is 1. The molecule has 0 spiro atoms. The summed E-state index contributed by atoms with van der Waals surface area (Å²) in [6, 6.07) is 0. The van der Waals surface area contributed by atoms with Gasteiger partial charge in [0.05, 0.1) is 0 Å². The molecular weight excluding hydrogens is 252 g/mol. The first-order valence-corrected chi connectivity index (χ1v) is 7.68. The molecule has 1 N–H and O–H groups in total. The molecule has 2 aliphatic rings. The highest BCUT2D eigenvalue weighted by Gasteiger charge is 2.24. The Morgan fingerprint density at radius 1 is 1.33 bits per heavy atom. The smallest absolute Gasteiger partial charge is 0.274 e. The van der Waals surface area contributed by atoms with Gasteiger partial charge >= 0.3 is 0 Å². The van der Waals surface area contributed by atoms with Gasteiger partial charge in [-0.2, -0.15) is 0 Å². The van der Waals surface area contributed by atoms with Crippen LogP contribution in [0.15, 0.2) is 6.20 Å². The summed E-state index contributed by atoms with van der Waals surface area (Å²) in [5.74, 6) is 1.90. The van der Waals surface area contributed by atoms with E-state index in [1.165, 1.54) is 0 Å². The van der Waals surface area contributed by atoms with Gasteiger partial charge in [0.15, 0.2) is 0 Å². The zero-order valence-electron chi connectivity index (χ0n) is 10.1. The van der Waals surface area contributed by atoms with Crippen LogP contribution in [-0.4, -0.2) is 55.7 Å². The summed E-state index contributed by atoms with van der Waals surface area (Å²) in [5.41, 5.74) is 0.493. The first kappa shape index (κ1) is 11.7. The molecule has 6 nitrogen and oxygen atoms in total. The summed E-state index contributed by atoms with van der Waals surface area (Å²) in [6.45, 7) is 2.96. The molecule has 0 radical (unpaired) electrons. The number of nitrogens with one attached hydrogen (secondary N) is 1. The number of imidazole rings is 1. The van der Waals surface area contributed by atoms with Crippen molar-refractivity contribution in [1.29, 1.82) is 0 Å². The Morgan fingerprint density at radius 3 is 2.83 bits per heavy atom. The number of rotatable bonds is 1. The molecule has 1 aromatic rings. The van der Waals surface area contributed by atoms with Crippen molar-refractivity contribution in [3.63, 3.8) is 0 Å². The maximum atomic E-state index is 12.2. The average molecular weight is 268 g/mol. The Morgan fingerprint density at radius 2 is 2.11 bits per heavy atom. The number of hydrogen-bond donors (Lipinski definition) is 1. The van der Waals surface area contributed by atoms with Crippen molar-refractivity contribution < 1.29 is 9.00 Å². The van der Waals surface area contributed by atoms with E-state index in [0.717, 1.165) is 25.5 Å². The molecule has 1 amide bonds. The second-order valence-electron chi connectivity index (χ2n) is 4.56. The highest BCUT2D eigenvalue weighted by molar-refractivity contribution is 7.85. The monoisotopic (exact) mass is 268 g/mol. The Bertz CT molecular complexity index is 466. The van der Waals surface area contributed by atoms with Gasteiger partial charge in [0.25, 0.3) is 5.91 Å². The van der Waals surface area contributed by atoms with E-state index >= 15 is 0 Å². The third-order valence-corrected chi connectivity index (χ3v) is 4.60. The standard InChI is InChI=1S/C11H16N4O2S/c16-10(14-4-6-18(17)7-5-14)9-8-15-3-1-2-12-11(15)13-9/h8H,1-7H2,(H,12,13). The van der Waals surface area contributed by atoms with Crippen molar-refractivity contribution in [2.75, 3.05) is 36.5 Å². The van der Waals surface area contributed by atoms with E-state index in [1.54, 1.807) is 4.90 Å². The van der Waals surface area contributed by atoms with Gasteiger partial charge in [-0.05, 0) is 6.42 Å². The van der Waals surface area contributed by atoms with E-state index < -0.39 is 10.8 Å². The van der Waals surface area contributed by atoms with Gasteiger partial charge in [0.2, 0.25) is 5.95 Å². The lowest BCUT2D eigenvalue weighted by atomic mass is 10.3. The molecule has 3 rings (SSSR count). The first-order chi connectivity index (χ1) is 8.74. The molecule has 0 unspecified atom stereocenters. The summed E-state index contributed by atoms with van der Waals surface area (Å²) in [5, 5.41) is 3.18. The summed E-state index contributed by atoms with van der Waals surface area (Å²) in [6.07, 6.45) is 2.87. The van der Waals surface area contributed by atoms with Gasteiger partial charge in [0, 0.05) is 54.7 Å². The lowest BCUT2D eigenvalue weighted by Crippen LogP contribution is -2.41. The number of carbonyl (C=O) groups is 1. The topological polar surface area (TPSA) is 67.2 Å². The van der Waals surface area contributed by atoms with E-state index in [1.807, 2.05) is 10.8 Å². The van der Waals surface area contributed by atoms with E-state index in [4.69, 9.17) is 0 Å². The van der Waals surface area contributed by atoms with Crippen molar-refractivity contribution in [1.82, 2.24) is 14.5 Å². The van der Waals surface area contributed by atoms with Gasteiger partial charge in [-0.15, -0.1) is 0 Å². The maximum absolute atomic E-state index is 12.2. The molecule has 1 fully saturated rings. The van der Waals surface area contributed by atoms with Gasteiger partial charge in [-0.3, -0.25) is 9.00 Å². The molecule has 7 heteroatoms. The first-order valence-electron chi connectivity index (χ1n) is 6.19. The normalized spacial score (nSPS) is 20.3. The number of anilines is 1. The fraction of sp³-hybridized carbons (Fsp3) is 0.636. The minimum absolute atomic E-state index is 0.0459. The number of hydrogen-bond acceptors (Lipinski definition) is 4. The van der Waals surface area contributed by atoms with Crippen molar-refractivity contribution in [2.45, 2.75) is 13.0 Å². The van der Waals surface area contributed by atoms with Gasteiger partial charge < -0.3 is 14.8 Å². The predicted octanol–water partition coefficient (Wildman–Crippen LogP) is -0.0968. The van der Waals surface area contributed by atoms with Crippen LogP contribution < -0.4 is 5.32 Å². The van der Waals surface area contributed by atoms with Gasteiger partial charge in [0.1, 0.15) is 5.69 Å². The SMILES string of the molecule is O=C(c1cn2c(n1)NCCC2)N1CCS(=O)CC1. The molecule has 0 bridgehead atoms. The molecule has 2 aliphatic heterocycles. The predicted molar refractivity (Wildman–Crippen MR) is 69.1 cm³/mol. The van der Waals surface area contributed by atoms with Crippen LogP contribution in [0.1, 0.15) is 16.9 Å². The molecular formula is C11H16N4O2S. The Kier molecular flexibility index (Phi) is 3.07. The Hall–Kier alpha value is -1.37. The highest BCUT2D eigenvalue weighted by atomic mass is 32.2. The van der Waals surface area contributed by atoms with Crippen LogP contribution in [0.5, 0.6) is 0 Å². The van der Waals surface area contributed by atoms with Gasteiger partial charge in [-0.25, -0.2) is 4.98 Å². The number of fused-ring (bicyclic) bond motifs is 1. The summed E-state index contributed by atoms with van der Waals surface area (Å²) in [7, 11) is -0.758. The van der Waals surface area contributed by atoms with Crippen LogP contribution >= 0.6 is 0 Å². The molecule has 3 heterocycles. The third-order valence-electron chi connectivity index (χ3n) is 3.32. The molecule has 18 heavy (non-hydrogen) atoms. The maximum Gasteiger partial charge on any atom is 0.274 e. The fourth-order valence-electron chi connectivity index (χ4n) is 2.28. The minimum atomic E-state index is -0.758. The lowest BCUT2D eigenvalue weighted by molar-refractivity contribution is 0.0766. The number of amides is 1. The van der Waals surface area contributed by atoms with Gasteiger partial charge in [-0.1, -0.05) is 0 Å². The van der Waals surface area contributed by atoms with Crippen LogP contribution in [0.25, 0.3) is 0 Å². The molecule has 1 saturated heterocycles. The van der Waals surface area contributed by atoms with Crippen LogP contribution in [0.3, 0.4) is 0 Å². The molecule has 98 valence electrons. The zero-order chi connectivity index (χ0) is 12.5. The van der Waals surface area contributed by atoms with Crippen LogP contribution in [-0.2, 0) is 17.3 Å². The summed E-state index contributed by atoms with van der Waals surface area (Å²) in [4.78, 5) is 18.3. The highest BCUT2D eigenvalue weighted by Crippen LogP contribution is 2.16. The fourth-order valence-corrected chi connectivity index (χ4v) is 3.34. The van der Waals surface area contributed by atoms with Crippen molar-refractivity contribution in [2.24, 2.45) is 0 Å². The zero-order valence-corrected chi connectivity index (χ0v) is 10.9. The Labute approximate surface area is 108 Å². The molecule has 0 aromatic carbocycles. The molecule has 0 saturated carbocycles. The van der Waals surface area contributed by atoms with Crippen LogP contribution in [0.2, 0.25) is 0 Å². The van der Waals surface area contributed by atoms with E-state index in [9.17, 15) is 9.00 Å². The largest absolute Gasteiger partial charge is 0.356 e. The number of aromatic nitrogens is 2. The Balaban J connectivity index is 1.75. The molecule has 0 aliphatic carbocycles. The molecule has 0 atom stereocenters. The second kappa shape index (κ2) is 4.72. The summed E-state index contributed by atoms with van der Waals surface area (Å²) >= 11 is 0. The third kappa shape index (κ3) is 2.14. The van der Waals surface area contributed by atoms with E-state index in [-0.39, 0.29) is 5.91 Å². The quantitative estimate of drug-likeness (QED) is 0.772. The lowest BCUT2D eigenvalue weighted by Gasteiger charge is -2.25. The number of carbonyl (C=O) groups excluding carboxylic acids is 1. The molecule has 1 aromatic heterocycles. The number of nitrogens with zero attached hydrogens (tertiary/aromatic N) is 3. The average Bonchev–Trinajstić information content (AvgIpc) is 2.82. The van der Waals surface area contributed by atoms with Crippen molar-refractivity contribution >= 4 is 22.7 Å². The van der Waals surface area contributed by atoms with Crippen molar-refractivity contribution in [3.05, 3.63) is 11.9 Å². The van der Waals surface area contributed by atoms with Crippen molar-refractivity contribution in [3.8, 4) is 0 Å².